The molecule has 3 nitrogen and oxygen atoms in total. The summed E-state index contributed by atoms with van der Waals surface area (Å²) in [6.07, 6.45) is 1.66. The van der Waals surface area contributed by atoms with E-state index < -0.39 is 5.97 Å². The molecule has 0 saturated heterocycles. The Bertz CT molecular complexity index is 789. The fraction of sp³-hybridized carbons (Fsp3) is 0.0625. The summed E-state index contributed by atoms with van der Waals surface area (Å²) in [6, 6.07) is 13.0. The Labute approximate surface area is 120 Å². The summed E-state index contributed by atoms with van der Waals surface area (Å²) in [5.74, 6) is -0.0429. The molecule has 0 fully saturated rings. The van der Waals surface area contributed by atoms with Crippen LogP contribution in [0.5, 0.6) is 0 Å². The zero-order chi connectivity index (χ0) is 14.1. The quantitative estimate of drug-likeness (QED) is 0.764. The van der Waals surface area contributed by atoms with Crippen molar-refractivity contribution in [2.75, 3.05) is 0 Å². The van der Waals surface area contributed by atoms with Crippen LogP contribution >= 0.6 is 11.8 Å². The van der Waals surface area contributed by atoms with Crippen LogP contribution in [0, 0.1) is 6.92 Å². The van der Waals surface area contributed by atoms with Crippen LogP contribution in [0.15, 0.2) is 62.9 Å². The number of aryl methyl sites for hydroxylation is 1. The Morgan fingerprint density at radius 2 is 1.80 bits per heavy atom. The second-order valence-electron chi connectivity index (χ2n) is 4.41. The van der Waals surface area contributed by atoms with Crippen LogP contribution < -0.4 is 0 Å². The Kier molecular flexibility index (Phi) is 3.24. The van der Waals surface area contributed by atoms with Crippen molar-refractivity contribution in [3.8, 4) is 0 Å². The number of hydrogen-bond acceptors (Lipinski definition) is 3. The molecule has 0 aliphatic heterocycles. The molecular formula is C16H12O3S. The largest absolute Gasteiger partial charge is 0.478 e. The lowest BCUT2D eigenvalue weighted by atomic mass is 10.0. The zero-order valence-electron chi connectivity index (χ0n) is 10.8. The molecule has 0 amide bonds. The number of furan rings is 1. The molecule has 1 aromatic heterocycles. The maximum absolute atomic E-state index is 11.3. The standard InChI is InChI=1S/C16H12O3S/c1-10-14(8-9-19-10)20-15-7-6-13(16(17)18)11-4-2-3-5-12(11)15/h2-9H,1H3,(H,17,18). The lowest BCUT2D eigenvalue weighted by Crippen LogP contribution is -1.97. The van der Waals surface area contributed by atoms with E-state index in [2.05, 4.69) is 0 Å². The molecule has 1 heterocycles. The highest BCUT2D eigenvalue weighted by Gasteiger charge is 2.12. The average molecular weight is 284 g/mol. The number of carboxylic acids is 1. The van der Waals surface area contributed by atoms with Gasteiger partial charge in [-0.2, -0.15) is 0 Å². The predicted octanol–water partition coefficient (Wildman–Crippen LogP) is 4.59. The first-order valence-corrected chi connectivity index (χ1v) is 6.95. The molecule has 0 aliphatic rings. The average Bonchev–Trinajstić information content (AvgIpc) is 2.84. The maximum Gasteiger partial charge on any atom is 0.336 e. The fourth-order valence-electron chi connectivity index (χ4n) is 2.14. The van der Waals surface area contributed by atoms with Gasteiger partial charge in [0.25, 0.3) is 0 Å². The number of carbonyl (C=O) groups is 1. The first-order valence-electron chi connectivity index (χ1n) is 6.14. The highest BCUT2D eigenvalue weighted by atomic mass is 32.2. The summed E-state index contributed by atoms with van der Waals surface area (Å²) in [4.78, 5) is 13.3. The SMILES string of the molecule is Cc1occc1Sc1ccc(C(=O)O)c2ccccc12. The number of rotatable bonds is 3. The van der Waals surface area contributed by atoms with Crippen molar-refractivity contribution in [2.45, 2.75) is 16.7 Å². The molecule has 2 aromatic carbocycles. The minimum atomic E-state index is -0.905. The van der Waals surface area contributed by atoms with E-state index in [-0.39, 0.29) is 0 Å². The second kappa shape index (κ2) is 5.06. The van der Waals surface area contributed by atoms with Crippen LogP contribution in [-0.2, 0) is 0 Å². The number of benzene rings is 2. The first kappa shape index (κ1) is 12.8. The molecule has 20 heavy (non-hydrogen) atoms. The third kappa shape index (κ3) is 2.18. The lowest BCUT2D eigenvalue weighted by Gasteiger charge is -2.08. The normalized spacial score (nSPS) is 10.8. The van der Waals surface area contributed by atoms with Crippen LogP contribution in [0.25, 0.3) is 10.8 Å². The van der Waals surface area contributed by atoms with Crippen molar-refractivity contribution in [3.05, 3.63) is 60.1 Å². The number of aromatic carboxylic acids is 1. The Balaban J connectivity index is 2.15. The van der Waals surface area contributed by atoms with Crippen LogP contribution in [0.3, 0.4) is 0 Å². The number of fused-ring (bicyclic) bond motifs is 1. The zero-order valence-corrected chi connectivity index (χ0v) is 11.6. The summed E-state index contributed by atoms with van der Waals surface area (Å²) in [5, 5.41) is 11.0. The van der Waals surface area contributed by atoms with Gasteiger partial charge >= 0.3 is 5.97 Å². The van der Waals surface area contributed by atoms with Gasteiger partial charge in [0.05, 0.1) is 16.7 Å². The number of carboxylic acid groups (broad SMARTS) is 1. The topological polar surface area (TPSA) is 50.4 Å². The highest BCUT2D eigenvalue weighted by Crippen LogP contribution is 2.36. The molecule has 0 bridgehead atoms. The summed E-state index contributed by atoms with van der Waals surface area (Å²) in [5.41, 5.74) is 0.328. The Hall–Kier alpha value is -2.20. The molecule has 0 saturated carbocycles. The van der Waals surface area contributed by atoms with E-state index in [1.807, 2.05) is 43.3 Å². The van der Waals surface area contributed by atoms with Gasteiger partial charge < -0.3 is 9.52 Å². The monoisotopic (exact) mass is 284 g/mol. The van der Waals surface area contributed by atoms with E-state index in [1.165, 1.54) is 0 Å². The van der Waals surface area contributed by atoms with Crippen molar-refractivity contribution < 1.29 is 14.3 Å². The van der Waals surface area contributed by atoms with E-state index in [0.717, 1.165) is 26.3 Å². The molecule has 0 aliphatic carbocycles. The van der Waals surface area contributed by atoms with Crippen molar-refractivity contribution in [2.24, 2.45) is 0 Å². The molecule has 0 radical (unpaired) electrons. The van der Waals surface area contributed by atoms with Gasteiger partial charge in [0.1, 0.15) is 5.76 Å². The molecule has 1 N–H and O–H groups in total. The summed E-state index contributed by atoms with van der Waals surface area (Å²) >= 11 is 1.58. The third-order valence-electron chi connectivity index (χ3n) is 3.15. The molecule has 0 spiro atoms. The van der Waals surface area contributed by atoms with Gasteiger partial charge in [-0.05, 0) is 35.9 Å². The fourth-order valence-corrected chi connectivity index (χ4v) is 3.12. The Morgan fingerprint density at radius 3 is 2.45 bits per heavy atom. The van der Waals surface area contributed by atoms with Gasteiger partial charge in [0.2, 0.25) is 0 Å². The molecule has 0 atom stereocenters. The van der Waals surface area contributed by atoms with Gasteiger partial charge in [-0.3, -0.25) is 0 Å². The lowest BCUT2D eigenvalue weighted by molar-refractivity contribution is 0.0699. The molecule has 0 unspecified atom stereocenters. The van der Waals surface area contributed by atoms with Crippen molar-refractivity contribution >= 4 is 28.5 Å². The molecule has 100 valence electrons. The van der Waals surface area contributed by atoms with E-state index in [4.69, 9.17) is 4.42 Å². The van der Waals surface area contributed by atoms with Crippen molar-refractivity contribution in [1.29, 1.82) is 0 Å². The van der Waals surface area contributed by atoms with Crippen LogP contribution in [0.1, 0.15) is 16.1 Å². The van der Waals surface area contributed by atoms with Crippen molar-refractivity contribution in [1.82, 2.24) is 0 Å². The summed E-state index contributed by atoms with van der Waals surface area (Å²) in [6.45, 7) is 1.91. The van der Waals surface area contributed by atoms with Gasteiger partial charge in [0, 0.05) is 4.90 Å². The van der Waals surface area contributed by atoms with Gasteiger partial charge in [-0.15, -0.1) is 0 Å². The van der Waals surface area contributed by atoms with Gasteiger partial charge in [-0.1, -0.05) is 36.0 Å². The molecule has 3 rings (SSSR count). The van der Waals surface area contributed by atoms with E-state index in [9.17, 15) is 9.90 Å². The molecule has 3 aromatic rings. The maximum atomic E-state index is 11.3. The van der Waals surface area contributed by atoms with E-state index >= 15 is 0 Å². The van der Waals surface area contributed by atoms with Gasteiger partial charge in [0.15, 0.2) is 0 Å². The predicted molar refractivity (Wildman–Crippen MR) is 78.5 cm³/mol. The first-order chi connectivity index (χ1) is 9.66. The van der Waals surface area contributed by atoms with E-state index in [0.29, 0.717) is 5.56 Å². The summed E-state index contributed by atoms with van der Waals surface area (Å²) in [7, 11) is 0. The van der Waals surface area contributed by atoms with Crippen molar-refractivity contribution in [3.63, 3.8) is 0 Å². The van der Waals surface area contributed by atoms with Crippen LogP contribution in [0.4, 0.5) is 0 Å². The Morgan fingerprint density at radius 1 is 1.05 bits per heavy atom. The third-order valence-corrected chi connectivity index (χ3v) is 4.36. The van der Waals surface area contributed by atoms with Crippen LogP contribution in [0.2, 0.25) is 0 Å². The summed E-state index contributed by atoms with van der Waals surface area (Å²) < 4.78 is 5.30. The van der Waals surface area contributed by atoms with E-state index in [1.54, 1.807) is 24.1 Å². The van der Waals surface area contributed by atoms with Crippen LogP contribution in [-0.4, -0.2) is 11.1 Å². The minimum absolute atomic E-state index is 0.328. The highest BCUT2D eigenvalue weighted by molar-refractivity contribution is 7.99. The molecule has 4 heteroatoms. The second-order valence-corrected chi connectivity index (χ2v) is 5.49. The van der Waals surface area contributed by atoms with Gasteiger partial charge in [-0.25, -0.2) is 4.79 Å². The smallest absolute Gasteiger partial charge is 0.336 e. The minimum Gasteiger partial charge on any atom is -0.478 e. The number of hydrogen-bond donors (Lipinski definition) is 1. The molecular weight excluding hydrogens is 272 g/mol.